The Morgan fingerprint density at radius 2 is 1.79 bits per heavy atom. The maximum Gasteiger partial charge on any atom is 0.219 e. The third kappa shape index (κ3) is 4.43. The van der Waals surface area contributed by atoms with Gasteiger partial charge in [-0.15, -0.1) is 0 Å². The van der Waals surface area contributed by atoms with Crippen molar-refractivity contribution in [2.75, 3.05) is 13.2 Å². The Kier molecular flexibility index (Phi) is 5.43. The van der Waals surface area contributed by atoms with Gasteiger partial charge in [0.2, 0.25) is 10.0 Å². The number of nitrogens with zero attached hydrogens (tertiary/aromatic N) is 1. The third-order valence-corrected chi connectivity index (χ3v) is 6.19. The van der Waals surface area contributed by atoms with Gasteiger partial charge in [0, 0.05) is 12.6 Å². The fourth-order valence-corrected chi connectivity index (χ4v) is 3.83. The Morgan fingerprint density at radius 3 is 2.11 bits per heavy atom. The molecule has 1 atom stereocenters. The molecule has 1 aliphatic rings. The van der Waals surface area contributed by atoms with Crippen molar-refractivity contribution in [1.29, 1.82) is 0 Å². The van der Waals surface area contributed by atoms with Gasteiger partial charge in [-0.2, -0.15) is 4.31 Å². The molecule has 0 aromatic rings. The summed E-state index contributed by atoms with van der Waals surface area (Å²) in [6.45, 7) is 9.77. The molecule has 0 spiro atoms. The van der Waals surface area contributed by atoms with Gasteiger partial charge in [0.15, 0.2) is 0 Å². The van der Waals surface area contributed by atoms with E-state index in [0.29, 0.717) is 24.8 Å². The van der Waals surface area contributed by atoms with Crippen LogP contribution in [0.3, 0.4) is 0 Å². The standard InChI is InChI=1S/C14H29NO3S/c1-11(2)8-13(10-16)15(9-12-6-7-12)19(17,18)14(3,4)5/h11-13,16H,6-10H2,1-5H3/t13-/m0/s1. The van der Waals surface area contributed by atoms with Crippen LogP contribution in [-0.2, 0) is 10.0 Å². The average Bonchev–Trinajstić information content (AvgIpc) is 3.04. The van der Waals surface area contributed by atoms with E-state index in [4.69, 9.17) is 0 Å². The van der Waals surface area contributed by atoms with Crippen LogP contribution in [0.15, 0.2) is 0 Å². The summed E-state index contributed by atoms with van der Waals surface area (Å²) in [6.07, 6.45) is 2.92. The molecule has 0 unspecified atom stereocenters. The second-order valence-corrected chi connectivity index (χ2v) is 9.74. The fourth-order valence-electron chi connectivity index (χ4n) is 2.18. The van der Waals surface area contributed by atoms with Crippen LogP contribution in [0, 0.1) is 11.8 Å². The number of sulfonamides is 1. The number of aliphatic hydroxyl groups excluding tert-OH is 1. The van der Waals surface area contributed by atoms with Crippen LogP contribution in [-0.4, -0.2) is 41.8 Å². The highest BCUT2D eigenvalue weighted by molar-refractivity contribution is 7.90. The smallest absolute Gasteiger partial charge is 0.219 e. The van der Waals surface area contributed by atoms with Crippen molar-refractivity contribution >= 4 is 10.0 Å². The topological polar surface area (TPSA) is 57.6 Å². The zero-order chi connectivity index (χ0) is 14.8. The largest absolute Gasteiger partial charge is 0.395 e. The van der Waals surface area contributed by atoms with Crippen LogP contribution < -0.4 is 0 Å². The molecule has 114 valence electrons. The van der Waals surface area contributed by atoms with E-state index in [-0.39, 0.29) is 12.6 Å². The van der Waals surface area contributed by atoms with Crippen LogP contribution in [0.4, 0.5) is 0 Å². The van der Waals surface area contributed by atoms with Gasteiger partial charge in [-0.3, -0.25) is 0 Å². The first kappa shape index (κ1) is 16.9. The highest BCUT2D eigenvalue weighted by atomic mass is 32.2. The zero-order valence-corrected chi connectivity index (χ0v) is 13.7. The summed E-state index contributed by atoms with van der Waals surface area (Å²) in [4.78, 5) is 0. The van der Waals surface area contributed by atoms with Crippen LogP contribution in [0.2, 0.25) is 0 Å². The molecule has 0 radical (unpaired) electrons. The summed E-state index contributed by atoms with van der Waals surface area (Å²) in [7, 11) is -3.38. The molecule has 0 amide bonds. The summed E-state index contributed by atoms with van der Waals surface area (Å²) in [6, 6.07) is -0.287. The Bertz CT molecular complexity index is 380. The van der Waals surface area contributed by atoms with Gasteiger partial charge in [0.25, 0.3) is 0 Å². The highest BCUT2D eigenvalue weighted by Gasteiger charge is 2.41. The second-order valence-electron chi connectivity index (χ2n) is 7.10. The SMILES string of the molecule is CC(C)C[C@@H](CO)N(CC1CC1)S(=O)(=O)C(C)(C)C. The first-order chi connectivity index (χ1) is 8.59. The lowest BCUT2D eigenvalue weighted by Gasteiger charge is -2.36. The Balaban J connectivity index is 2.98. The fraction of sp³-hybridized carbons (Fsp3) is 1.00. The molecule has 0 bridgehead atoms. The monoisotopic (exact) mass is 291 g/mol. The molecular formula is C14H29NO3S. The molecule has 1 aliphatic carbocycles. The van der Waals surface area contributed by atoms with Crippen molar-refractivity contribution in [3.05, 3.63) is 0 Å². The minimum absolute atomic E-state index is 0.0970. The Hall–Kier alpha value is -0.130. The molecule has 1 fully saturated rings. The molecule has 1 rings (SSSR count). The molecule has 4 nitrogen and oxygen atoms in total. The van der Waals surface area contributed by atoms with Crippen molar-refractivity contribution in [2.45, 2.75) is 64.7 Å². The quantitative estimate of drug-likeness (QED) is 0.782. The molecular weight excluding hydrogens is 262 g/mol. The van der Waals surface area contributed by atoms with Gasteiger partial charge in [-0.05, 0) is 51.9 Å². The van der Waals surface area contributed by atoms with Crippen molar-refractivity contribution in [3.63, 3.8) is 0 Å². The lowest BCUT2D eigenvalue weighted by Crippen LogP contribution is -2.50. The molecule has 5 heteroatoms. The Morgan fingerprint density at radius 1 is 1.26 bits per heavy atom. The van der Waals surface area contributed by atoms with Crippen molar-refractivity contribution < 1.29 is 13.5 Å². The summed E-state index contributed by atoms with van der Waals surface area (Å²) in [5, 5.41) is 9.60. The lowest BCUT2D eigenvalue weighted by molar-refractivity contribution is 0.162. The van der Waals surface area contributed by atoms with Gasteiger partial charge >= 0.3 is 0 Å². The molecule has 0 aliphatic heterocycles. The zero-order valence-electron chi connectivity index (χ0n) is 12.9. The molecule has 1 saturated carbocycles. The van der Waals surface area contributed by atoms with E-state index < -0.39 is 14.8 Å². The van der Waals surface area contributed by atoms with Gasteiger partial charge in [0.1, 0.15) is 0 Å². The maximum atomic E-state index is 12.7. The van der Waals surface area contributed by atoms with Gasteiger partial charge in [-0.1, -0.05) is 13.8 Å². The third-order valence-electron chi connectivity index (χ3n) is 3.58. The first-order valence-electron chi connectivity index (χ1n) is 7.21. The Labute approximate surface area is 118 Å². The van der Waals surface area contributed by atoms with Crippen LogP contribution in [0.5, 0.6) is 0 Å². The van der Waals surface area contributed by atoms with Crippen LogP contribution >= 0.6 is 0 Å². The second kappa shape index (κ2) is 6.10. The van der Waals surface area contributed by atoms with E-state index in [9.17, 15) is 13.5 Å². The van der Waals surface area contributed by atoms with E-state index in [0.717, 1.165) is 12.8 Å². The highest BCUT2D eigenvalue weighted by Crippen LogP contribution is 2.34. The molecule has 0 aromatic carbocycles. The van der Waals surface area contributed by atoms with E-state index in [2.05, 4.69) is 13.8 Å². The van der Waals surface area contributed by atoms with Crippen LogP contribution in [0.25, 0.3) is 0 Å². The molecule has 1 N–H and O–H groups in total. The van der Waals surface area contributed by atoms with E-state index in [1.807, 2.05) is 0 Å². The van der Waals surface area contributed by atoms with Gasteiger partial charge < -0.3 is 5.11 Å². The van der Waals surface area contributed by atoms with E-state index in [1.54, 1.807) is 25.1 Å². The summed E-state index contributed by atoms with van der Waals surface area (Å²) in [5.74, 6) is 0.854. The summed E-state index contributed by atoms with van der Waals surface area (Å²) in [5.41, 5.74) is 0. The number of hydrogen-bond donors (Lipinski definition) is 1. The van der Waals surface area contributed by atoms with Crippen molar-refractivity contribution in [2.24, 2.45) is 11.8 Å². The van der Waals surface area contributed by atoms with Crippen molar-refractivity contribution in [1.82, 2.24) is 4.31 Å². The number of hydrogen-bond acceptors (Lipinski definition) is 3. The minimum Gasteiger partial charge on any atom is -0.395 e. The maximum absolute atomic E-state index is 12.7. The summed E-state index contributed by atoms with van der Waals surface area (Å²) < 4.78 is 26.2. The predicted molar refractivity (Wildman–Crippen MR) is 78.4 cm³/mol. The van der Waals surface area contributed by atoms with Crippen LogP contribution in [0.1, 0.15) is 53.9 Å². The molecule has 0 saturated heterocycles. The molecule has 0 heterocycles. The predicted octanol–water partition coefficient (Wildman–Crippen LogP) is 2.23. The molecule has 0 aromatic heterocycles. The van der Waals surface area contributed by atoms with Crippen molar-refractivity contribution in [3.8, 4) is 0 Å². The normalized spacial score (nSPS) is 19.2. The molecule has 19 heavy (non-hydrogen) atoms. The van der Waals surface area contributed by atoms with Gasteiger partial charge in [0.05, 0.1) is 11.4 Å². The minimum atomic E-state index is -3.38. The number of rotatable bonds is 7. The van der Waals surface area contributed by atoms with E-state index in [1.165, 1.54) is 0 Å². The summed E-state index contributed by atoms with van der Waals surface area (Å²) >= 11 is 0. The first-order valence-corrected chi connectivity index (χ1v) is 8.65. The lowest BCUT2D eigenvalue weighted by atomic mass is 10.0. The van der Waals surface area contributed by atoms with E-state index >= 15 is 0 Å². The average molecular weight is 291 g/mol. The van der Waals surface area contributed by atoms with Gasteiger partial charge in [-0.25, -0.2) is 8.42 Å². The number of aliphatic hydroxyl groups is 1.